The number of urea groups is 1. The number of likely N-dealkylation sites (tertiary alicyclic amines) is 1. The van der Waals surface area contributed by atoms with Crippen LogP contribution in [0.5, 0.6) is 0 Å². The summed E-state index contributed by atoms with van der Waals surface area (Å²) < 4.78 is 0. The molecular formula is C15H22N2O3S. The Kier molecular flexibility index (Phi) is 4.56. The largest absolute Gasteiger partial charge is 0.479 e. The summed E-state index contributed by atoms with van der Waals surface area (Å²) in [6.45, 7) is 7.89. The molecule has 0 spiro atoms. The molecule has 2 atom stereocenters. The second kappa shape index (κ2) is 6.05. The van der Waals surface area contributed by atoms with Gasteiger partial charge < -0.3 is 15.3 Å². The Hall–Kier alpha value is -1.56. The number of nitrogens with one attached hydrogen (secondary N) is 1. The molecule has 2 heterocycles. The van der Waals surface area contributed by atoms with Gasteiger partial charge in [0.05, 0.1) is 0 Å². The van der Waals surface area contributed by atoms with Gasteiger partial charge in [-0.05, 0) is 29.2 Å². The lowest BCUT2D eigenvalue weighted by Gasteiger charge is -2.27. The predicted octanol–water partition coefficient (Wildman–Crippen LogP) is 2.95. The van der Waals surface area contributed by atoms with Gasteiger partial charge in [0.15, 0.2) is 6.04 Å². The van der Waals surface area contributed by atoms with E-state index in [1.165, 1.54) is 11.3 Å². The molecule has 1 saturated heterocycles. The summed E-state index contributed by atoms with van der Waals surface area (Å²) in [5.74, 6) is -0.578. The number of hydrogen-bond donors (Lipinski definition) is 2. The van der Waals surface area contributed by atoms with Crippen LogP contribution in [0, 0.1) is 11.3 Å². The normalized spacial score (nSPS) is 20.3. The van der Waals surface area contributed by atoms with Crippen molar-refractivity contribution in [1.29, 1.82) is 0 Å². The van der Waals surface area contributed by atoms with Gasteiger partial charge in [0.1, 0.15) is 0 Å². The number of carboxylic acids is 1. The van der Waals surface area contributed by atoms with Crippen molar-refractivity contribution >= 4 is 23.3 Å². The first-order chi connectivity index (χ1) is 9.79. The molecule has 0 aliphatic carbocycles. The smallest absolute Gasteiger partial charge is 0.331 e. The van der Waals surface area contributed by atoms with Gasteiger partial charge in [-0.3, -0.25) is 0 Å². The third kappa shape index (κ3) is 3.75. The van der Waals surface area contributed by atoms with Crippen LogP contribution in [0.2, 0.25) is 0 Å². The highest BCUT2D eigenvalue weighted by Crippen LogP contribution is 2.33. The van der Waals surface area contributed by atoms with E-state index in [1.807, 2.05) is 5.38 Å². The van der Waals surface area contributed by atoms with Crippen molar-refractivity contribution in [2.45, 2.75) is 33.2 Å². The molecule has 21 heavy (non-hydrogen) atoms. The Morgan fingerprint density at radius 3 is 2.67 bits per heavy atom. The van der Waals surface area contributed by atoms with Gasteiger partial charge in [-0.25, -0.2) is 9.59 Å². The molecular weight excluding hydrogens is 288 g/mol. The fourth-order valence-electron chi connectivity index (χ4n) is 2.58. The summed E-state index contributed by atoms with van der Waals surface area (Å²) in [4.78, 5) is 26.0. The number of thiophene rings is 1. The van der Waals surface area contributed by atoms with Crippen molar-refractivity contribution in [3.8, 4) is 0 Å². The molecule has 0 bridgehead atoms. The predicted molar refractivity (Wildman–Crippen MR) is 82.4 cm³/mol. The first-order valence-corrected chi connectivity index (χ1v) is 7.98. The zero-order chi connectivity index (χ0) is 15.6. The van der Waals surface area contributed by atoms with E-state index in [-0.39, 0.29) is 11.4 Å². The molecule has 1 fully saturated rings. The maximum absolute atomic E-state index is 12.3. The second-order valence-electron chi connectivity index (χ2n) is 6.53. The van der Waals surface area contributed by atoms with Crippen LogP contribution in [-0.4, -0.2) is 35.1 Å². The first-order valence-electron chi connectivity index (χ1n) is 7.10. The molecule has 6 heteroatoms. The molecule has 2 amide bonds. The Labute approximate surface area is 129 Å². The number of rotatable bonds is 3. The van der Waals surface area contributed by atoms with E-state index >= 15 is 0 Å². The van der Waals surface area contributed by atoms with Crippen LogP contribution in [0.1, 0.15) is 38.1 Å². The lowest BCUT2D eigenvalue weighted by atomic mass is 9.80. The van der Waals surface area contributed by atoms with E-state index in [0.29, 0.717) is 23.9 Å². The van der Waals surface area contributed by atoms with Crippen LogP contribution in [0.15, 0.2) is 17.5 Å². The number of carboxylic acid groups (broad SMARTS) is 1. The Morgan fingerprint density at radius 1 is 1.48 bits per heavy atom. The SMILES string of the molecule is CC(C)(C)C1CCN(C(=O)NC(C(=O)O)c2cccs2)C1. The van der Waals surface area contributed by atoms with Gasteiger partial charge >= 0.3 is 12.0 Å². The lowest BCUT2D eigenvalue weighted by molar-refractivity contribution is -0.139. The molecule has 2 unspecified atom stereocenters. The molecule has 1 aliphatic heterocycles. The Bertz CT molecular complexity index is 507. The third-order valence-electron chi connectivity index (χ3n) is 4.04. The van der Waals surface area contributed by atoms with Gasteiger partial charge in [0, 0.05) is 18.0 Å². The molecule has 2 N–H and O–H groups in total. The molecule has 1 aromatic rings. The zero-order valence-corrected chi connectivity index (χ0v) is 13.4. The van der Waals surface area contributed by atoms with Crippen LogP contribution in [-0.2, 0) is 4.79 Å². The van der Waals surface area contributed by atoms with Crippen molar-refractivity contribution in [1.82, 2.24) is 10.2 Å². The van der Waals surface area contributed by atoms with Gasteiger partial charge in [-0.15, -0.1) is 11.3 Å². The number of aliphatic carboxylic acids is 1. The first kappa shape index (κ1) is 15.8. The van der Waals surface area contributed by atoms with E-state index in [1.54, 1.807) is 17.0 Å². The standard InChI is InChI=1S/C15H22N2O3S/c1-15(2,3)10-6-7-17(9-10)14(20)16-12(13(18)19)11-5-4-8-21-11/h4-5,8,10,12H,6-7,9H2,1-3H3,(H,16,20)(H,18,19). The Morgan fingerprint density at radius 2 is 2.19 bits per heavy atom. The zero-order valence-electron chi connectivity index (χ0n) is 12.6. The van der Waals surface area contributed by atoms with E-state index < -0.39 is 12.0 Å². The monoisotopic (exact) mass is 310 g/mol. The summed E-state index contributed by atoms with van der Waals surface area (Å²) in [6.07, 6.45) is 0.966. The summed E-state index contributed by atoms with van der Waals surface area (Å²) in [6, 6.07) is 2.26. The number of carbonyl (C=O) groups excluding carboxylic acids is 1. The van der Waals surface area contributed by atoms with Crippen LogP contribution < -0.4 is 5.32 Å². The highest BCUT2D eigenvalue weighted by molar-refractivity contribution is 7.10. The summed E-state index contributed by atoms with van der Waals surface area (Å²) in [5.41, 5.74) is 0.162. The summed E-state index contributed by atoms with van der Waals surface area (Å²) >= 11 is 1.33. The Balaban J connectivity index is 1.99. The minimum atomic E-state index is -1.03. The molecule has 5 nitrogen and oxygen atoms in total. The number of carbonyl (C=O) groups is 2. The summed E-state index contributed by atoms with van der Waals surface area (Å²) in [7, 11) is 0. The molecule has 1 aliphatic rings. The van der Waals surface area contributed by atoms with E-state index in [9.17, 15) is 14.7 Å². The topological polar surface area (TPSA) is 69.6 Å². The van der Waals surface area contributed by atoms with Gasteiger partial charge in [-0.1, -0.05) is 26.8 Å². The maximum atomic E-state index is 12.3. The number of hydrogen-bond acceptors (Lipinski definition) is 3. The van der Waals surface area contributed by atoms with Crippen molar-refractivity contribution in [2.75, 3.05) is 13.1 Å². The van der Waals surface area contributed by atoms with Crippen LogP contribution in [0.4, 0.5) is 4.79 Å². The third-order valence-corrected chi connectivity index (χ3v) is 4.98. The van der Waals surface area contributed by atoms with E-state index in [0.717, 1.165) is 6.42 Å². The molecule has 2 rings (SSSR count). The van der Waals surface area contributed by atoms with Gasteiger partial charge in [0.25, 0.3) is 0 Å². The minimum absolute atomic E-state index is 0.162. The summed E-state index contributed by atoms with van der Waals surface area (Å²) in [5, 5.41) is 13.7. The second-order valence-corrected chi connectivity index (χ2v) is 7.51. The van der Waals surface area contributed by atoms with E-state index in [2.05, 4.69) is 26.1 Å². The number of amides is 2. The van der Waals surface area contributed by atoms with Gasteiger partial charge in [0.2, 0.25) is 0 Å². The lowest BCUT2D eigenvalue weighted by Crippen LogP contribution is -2.43. The molecule has 0 radical (unpaired) electrons. The average molecular weight is 310 g/mol. The van der Waals surface area contributed by atoms with Crippen LogP contribution in [0.25, 0.3) is 0 Å². The molecule has 1 aromatic heterocycles. The quantitative estimate of drug-likeness (QED) is 0.902. The van der Waals surface area contributed by atoms with Crippen molar-refractivity contribution < 1.29 is 14.7 Å². The maximum Gasteiger partial charge on any atom is 0.331 e. The highest BCUT2D eigenvalue weighted by Gasteiger charge is 2.35. The fourth-order valence-corrected chi connectivity index (χ4v) is 3.34. The molecule has 0 aromatic carbocycles. The van der Waals surface area contributed by atoms with E-state index in [4.69, 9.17) is 0 Å². The number of nitrogens with zero attached hydrogens (tertiary/aromatic N) is 1. The van der Waals surface area contributed by atoms with Crippen LogP contribution >= 0.6 is 11.3 Å². The minimum Gasteiger partial charge on any atom is -0.479 e. The molecule has 116 valence electrons. The van der Waals surface area contributed by atoms with Crippen molar-refractivity contribution in [2.24, 2.45) is 11.3 Å². The fraction of sp³-hybridized carbons (Fsp3) is 0.600. The van der Waals surface area contributed by atoms with Crippen molar-refractivity contribution in [3.05, 3.63) is 22.4 Å². The molecule has 0 saturated carbocycles. The highest BCUT2D eigenvalue weighted by atomic mass is 32.1. The van der Waals surface area contributed by atoms with Gasteiger partial charge in [-0.2, -0.15) is 0 Å². The van der Waals surface area contributed by atoms with Crippen molar-refractivity contribution in [3.63, 3.8) is 0 Å². The van der Waals surface area contributed by atoms with Crippen LogP contribution in [0.3, 0.4) is 0 Å². The average Bonchev–Trinajstić information content (AvgIpc) is 3.05.